The molecule has 0 saturated heterocycles. The number of nitrogens with zero attached hydrogens (tertiary/aromatic N) is 3. The summed E-state index contributed by atoms with van der Waals surface area (Å²) in [5, 5.41) is 13.0. The number of carbonyl (C=O) groups excluding carboxylic acids is 1. The molecule has 3 heterocycles. The number of amides is 1. The number of nitrogens with one attached hydrogen (secondary N) is 1. The van der Waals surface area contributed by atoms with Gasteiger partial charge in [-0.15, -0.1) is 21.5 Å². The molecule has 0 fully saturated rings. The number of unbranched alkanes of at least 4 members (excludes halogenated alkanes) is 1. The molecule has 120 valence electrons. The van der Waals surface area contributed by atoms with Crippen LogP contribution in [0.25, 0.3) is 10.8 Å². The number of rotatable bonds is 6. The lowest BCUT2D eigenvalue weighted by molar-refractivity contribution is 0.102. The molecule has 0 atom stereocenters. The Balaban J connectivity index is 1.72. The average Bonchev–Trinajstić information content (AvgIpc) is 3.25. The molecular formula is C15H16N4O2S2. The Morgan fingerprint density at radius 1 is 1.35 bits per heavy atom. The van der Waals surface area contributed by atoms with Gasteiger partial charge in [0, 0.05) is 11.3 Å². The first-order valence-corrected chi connectivity index (χ1v) is 8.95. The number of furan rings is 1. The molecule has 0 spiro atoms. The zero-order valence-electron chi connectivity index (χ0n) is 12.8. The molecule has 0 radical (unpaired) electrons. The van der Waals surface area contributed by atoms with Crippen LogP contribution in [0.4, 0.5) is 5.13 Å². The van der Waals surface area contributed by atoms with E-state index < -0.39 is 0 Å². The van der Waals surface area contributed by atoms with Crippen LogP contribution in [0.1, 0.15) is 40.1 Å². The van der Waals surface area contributed by atoms with E-state index >= 15 is 0 Å². The van der Waals surface area contributed by atoms with Crippen molar-refractivity contribution in [2.45, 2.75) is 33.1 Å². The highest BCUT2D eigenvalue weighted by molar-refractivity contribution is 7.15. The largest absolute Gasteiger partial charge is 0.462 e. The summed E-state index contributed by atoms with van der Waals surface area (Å²) in [6.45, 7) is 4.00. The first kappa shape index (κ1) is 15.8. The van der Waals surface area contributed by atoms with E-state index in [0.717, 1.165) is 29.1 Å². The van der Waals surface area contributed by atoms with E-state index in [1.54, 1.807) is 12.3 Å². The third-order valence-corrected chi connectivity index (χ3v) is 5.06. The molecular weight excluding hydrogens is 332 g/mol. The van der Waals surface area contributed by atoms with Gasteiger partial charge in [-0.2, -0.15) is 0 Å². The zero-order chi connectivity index (χ0) is 16.2. The fourth-order valence-electron chi connectivity index (χ4n) is 2.00. The molecule has 0 aromatic carbocycles. The van der Waals surface area contributed by atoms with Gasteiger partial charge in [-0.25, -0.2) is 4.98 Å². The lowest BCUT2D eigenvalue weighted by Gasteiger charge is -1.98. The van der Waals surface area contributed by atoms with E-state index in [4.69, 9.17) is 4.42 Å². The molecule has 3 rings (SSSR count). The van der Waals surface area contributed by atoms with Crippen molar-refractivity contribution in [3.8, 4) is 10.8 Å². The van der Waals surface area contributed by atoms with Crippen LogP contribution >= 0.6 is 22.7 Å². The number of aryl methyl sites for hydroxylation is 2. The van der Waals surface area contributed by atoms with E-state index in [1.165, 1.54) is 22.7 Å². The van der Waals surface area contributed by atoms with Crippen molar-refractivity contribution in [1.29, 1.82) is 0 Å². The highest BCUT2D eigenvalue weighted by Crippen LogP contribution is 2.28. The molecule has 3 aromatic rings. The summed E-state index contributed by atoms with van der Waals surface area (Å²) >= 11 is 2.84. The highest BCUT2D eigenvalue weighted by atomic mass is 32.1. The smallest absolute Gasteiger partial charge is 0.277 e. The van der Waals surface area contributed by atoms with Gasteiger partial charge in [0.15, 0.2) is 10.8 Å². The van der Waals surface area contributed by atoms with Gasteiger partial charge >= 0.3 is 0 Å². The predicted molar refractivity (Wildman–Crippen MR) is 91.0 cm³/mol. The Labute approximate surface area is 141 Å². The fourth-order valence-corrected chi connectivity index (χ4v) is 3.66. The van der Waals surface area contributed by atoms with E-state index in [-0.39, 0.29) is 5.91 Å². The van der Waals surface area contributed by atoms with Crippen molar-refractivity contribution in [2.24, 2.45) is 0 Å². The summed E-state index contributed by atoms with van der Waals surface area (Å²) in [5.74, 6) is 0.393. The van der Waals surface area contributed by atoms with Crippen LogP contribution in [-0.2, 0) is 6.42 Å². The third kappa shape index (κ3) is 3.65. The molecule has 8 heteroatoms. The Bertz CT molecular complexity index is 792. The standard InChI is InChI=1S/C15H16N4O2S2/c1-3-4-7-11-18-19-15(23-11)17-13(20)12-9(2)22-14(16-12)10-6-5-8-21-10/h5-6,8H,3-4,7H2,1-2H3,(H,17,19,20). The van der Waals surface area contributed by atoms with Crippen LogP contribution in [0, 0.1) is 6.92 Å². The number of aromatic nitrogens is 3. The molecule has 0 bridgehead atoms. The van der Waals surface area contributed by atoms with Gasteiger partial charge in [-0.1, -0.05) is 24.7 Å². The molecule has 0 saturated carbocycles. The summed E-state index contributed by atoms with van der Waals surface area (Å²) in [4.78, 5) is 17.6. The van der Waals surface area contributed by atoms with E-state index in [9.17, 15) is 4.79 Å². The van der Waals surface area contributed by atoms with Crippen molar-refractivity contribution >= 4 is 33.7 Å². The minimum Gasteiger partial charge on any atom is -0.462 e. The quantitative estimate of drug-likeness (QED) is 0.723. The van der Waals surface area contributed by atoms with Crippen LogP contribution in [0.15, 0.2) is 22.8 Å². The minimum atomic E-state index is -0.269. The van der Waals surface area contributed by atoms with Gasteiger partial charge in [0.1, 0.15) is 10.7 Å². The zero-order valence-corrected chi connectivity index (χ0v) is 14.5. The maximum absolute atomic E-state index is 12.4. The molecule has 1 amide bonds. The molecule has 0 aliphatic heterocycles. The maximum Gasteiger partial charge on any atom is 0.277 e. The van der Waals surface area contributed by atoms with Crippen molar-refractivity contribution in [2.75, 3.05) is 5.32 Å². The number of hydrogen-bond acceptors (Lipinski definition) is 7. The number of hydrogen-bond donors (Lipinski definition) is 1. The van der Waals surface area contributed by atoms with Gasteiger partial charge in [0.25, 0.3) is 5.91 Å². The van der Waals surface area contributed by atoms with Crippen LogP contribution < -0.4 is 5.32 Å². The Hall–Kier alpha value is -2.06. The van der Waals surface area contributed by atoms with E-state index in [0.29, 0.717) is 21.6 Å². The summed E-state index contributed by atoms with van der Waals surface area (Å²) in [6.07, 6.45) is 4.66. The Kier molecular flexibility index (Phi) is 4.82. The molecule has 1 N–H and O–H groups in total. The predicted octanol–water partition coefficient (Wildman–Crippen LogP) is 4.16. The average molecular weight is 348 g/mol. The molecule has 0 aliphatic carbocycles. The molecule has 23 heavy (non-hydrogen) atoms. The van der Waals surface area contributed by atoms with Gasteiger partial charge in [-0.3, -0.25) is 10.1 Å². The second kappa shape index (κ2) is 7.01. The third-order valence-electron chi connectivity index (χ3n) is 3.18. The molecule has 3 aromatic heterocycles. The monoisotopic (exact) mass is 348 g/mol. The van der Waals surface area contributed by atoms with Crippen molar-refractivity contribution < 1.29 is 9.21 Å². The second-order valence-electron chi connectivity index (χ2n) is 4.96. The minimum absolute atomic E-state index is 0.269. The van der Waals surface area contributed by atoms with Gasteiger partial charge in [0.2, 0.25) is 5.13 Å². The topological polar surface area (TPSA) is 80.9 Å². The Morgan fingerprint density at radius 3 is 2.96 bits per heavy atom. The van der Waals surface area contributed by atoms with Crippen LogP contribution in [0.2, 0.25) is 0 Å². The van der Waals surface area contributed by atoms with Gasteiger partial charge in [0.05, 0.1) is 6.26 Å². The molecule has 0 aliphatic rings. The van der Waals surface area contributed by atoms with Crippen molar-refractivity contribution in [3.63, 3.8) is 0 Å². The summed E-state index contributed by atoms with van der Waals surface area (Å²) in [5.41, 5.74) is 0.395. The number of thiazole rings is 1. The van der Waals surface area contributed by atoms with E-state index in [1.807, 2.05) is 13.0 Å². The highest BCUT2D eigenvalue weighted by Gasteiger charge is 2.19. The van der Waals surface area contributed by atoms with E-state index in [2.05, 4.69) is 27.4 Å². The summed E-state index contributed by atoms with van der Waals surface area (Å²) in [6, 6.07) is 3.62. The number of carbonyl (C=O) groups is 1. The maximum atomic E-state index is 12.4. The molecule has 0 unspecified atom stereocenters. The lowest BCUT2D eigenvalue weighted by Crippen LogP contribution is -2.13. The van der Waals surface area contributed by atoms with Crippen LogP contribution in [-0.4, -0.2) is 21.1 Å². The second-order valence-corrected chi connectivity index (χ2v) is 7.23. The van der Waals surface area contributed by atoms with Gasteiger partial charge in [-0.05, 0) is 25.5 Å². The summed E-state index contributed by atoms with van der Waals surface area (Å²) in [7, 11) is 0. The van der Waals surface area contributed by atoms with Crippen LogP contribution in [0.5, 0.6) is 0 Å². The molecule has 6 nitrogen and oxygen atoms in total. The Morgan fingerprint density at radius 2 is 2.22 bits per heavy atom. The SMILES string of the molecule is CCCCc1nnc(NC(=O)c2nc(-c3ccco3)sc2C)s1. The lowest BCUT2D eigenvalue weighted by atomic mass is 10.3. The number of anilines is 1. The first-order valence-electron chi connectivity index (χ1n) is 7.32. The fraction of sp³-hybridized carbons (Fsp3) is 0.333. The normalized spacial score (nSPS) is 10.9. The van der Waals surface area contributed by atoms with Crippen molar-refractivity contribution in [3.05, 3.63) is 34.0 Å². The van der Waals surface area contributed by atoms with Crippen LogP contribution in [0.3, 0.4) is 0 Å². The first-order chi connectivity index (χ1) is 11.2. The van der Waals surface area contributed by atoms with Crippen molar-refractivity contribution in [1.82, 2.24) is 15.2 Å². The summed E-state index contributed by atoms with van der Waals surface area (Å²) < 4.78 is 5.32. The van der Waals surface area contributed by atoms with Gasteiger partial charge < -0.3 is 4.42 Å².